The van der Waals surface area contributed by atoms with Gasteiger partial charge in [0.25, 0.3) is 5.91 Å². The maximum atomic E-state index is 13.0. The van der Waals surface area contributed by atoms with Gasteiger partial charge in [-0.25, -0.2) is 4.98 Å². The van der Waals surface area contributed by atoms with Crippen molar-refractivity contribution in [3.05, 3.63) is 46.5 Å². The van der Waals surface area contributed by atoms with Crippen molar-refractivity contribution in [2.45, 2.75) is 6.04 Å². The average molecular weight is 379 g/mol. The van der Waals surface area contributed by atoms with E-state index in [9.17, 15) is 4.79 Å². The van der Waals surface area contributed by atoms with Gasteiger partial charge in [-0.05, 0) is 34.1 Å². The van der Waals surface area contributed by atoms with Gasteiger partial charge in [0.1, 0.15) is 17.6 Å². The van der Waals surface area contributed by atoms with E-state index in [2.05, 4.69) is 26.2 Å². The lowest BCUT2D eigenvalue weighted by atomic mass is 10.1. The van der Waals surface area contributed by atoms with Crippen LogP contribution in [0.15, 0.2) is 35.1 Å². The molecule has 1 saturated heterocycles. The number of amides is 1. The summed E-state index contributed by atoms with van der Waals surface area (Å²) in [7, 11) is 3.55. The highest BCUT2D eigenvalue weighted by Gasteiger charge is 2.31. The number of carbonyl (C=O) groups is 1. The van der Waals surface area contributed by atoms with Crippen molar-refractivity contribution in [3.8, 4) is 5.75 Å². The van der Waals surface area contributed by atoms with Crippen LogP contribution in [0.25, 0.3) is 0 Å². The number of piperazine rings is 1. The molecule has 1 aliphatic rings. The quantitative estimate of drug-likeness (QED) is 0.886. The van der Waals surface area contributed by atoms with Crippen LogP contribution in [0.2, 0.25) is 0 Å². The molecule has 122 valence electrons. The molecule has 23 heavy (non-hydrogen) atoms. The van der Waals surface area contributed by atoms with E-state index in [1.54, 1.807) is 31.5 Å². The molecule has 0 radical (unpaired) electrons. The Morgan fingerprint density at radius 3 is 2.96 bits per heavy atom. The summed E-state index contributed by atoms with van der Waals surface area (Å²) in [5, 5.41) is 3.34. The molecule has 1 unspecified atom stereocenters. The molecule has 1 N–H and O–H groups in total. The molecule has 0 spiro atoms. The minimum absolute atomic E-state index is 0.00264. The fourth-order valence-corrected chi connectivity index (χ4v) is 3.38. The minimum Gasteiger partial charge on any atom is -0.496 e. The highest BCUT2D eigenvalue weighted by Crippen LogP contribution is 2.28. The van der Waals surface area contributed by atoms with Crippen molar-refractivity contribution < 1.29 is 9.53 Å². The van der Waals surface area contributed by atoms with Crippen LogP contribution in [0.3, 0.4) is 0 Å². The van der Waals surface area contributed by atoms with Crippen LogP contribution < -0.4 is 10.1 Å². The van der Waals surface area contributed by atoms with Crippen molar-refractivity contribution in [1.82, 2.24) is 19.8 Å². The van der Waals surface area contributed by atoms with Crippen LogP contribution >= 0.6 is 15.9 Å². The topological polar surface area (TPSA) is 59.4 Å². The van der Waals surface area contributed by atoms with E-state index in [-0.39, 0.29) is 11.9 Å². The normalized spacial score (nSPS) is 18.0. The third-order valence-corrected chi connectivity index (χ3v) is 4.68. The zero-order valence-electron chi connectivity index (χ0n) is 13.1. The van der Waals surface area contributed by atoms with Crippen LogP contribution in [0, 0.1) is 0 Å². The molecular formula is C16H19BrN4O2. The molecule has 1 atom stereocenters. The van der Waals surface area contributed by atoms with E-state index in [0.717, 1.165) is 16.8 Å². The van der Waals surface area contributed by atoms with Crippen LogP contribution in [0.5, 0.6) is 5.75 Å². The lowest BCUT2D eigenvalue weighted by Gasteiger charge is -2.35. The first-order valence-corrected chi connectivity index (χ1v) is 8.23. The van der Waals surface area contributed by atoms with E-state index in [0.29, 0.717) is 24.4 Å². The fourth-order valence-electron chi connectivity index (χ4n) is 2.84. The maximum Gasteiger partial charge on any atom is 0.254 e. The van der Waals surface area contributed by atoms with Crippen molar-refractivity contribution in [2.75, 3.05) is 26.7 Å². The number of benzene rings is 1. The zero-order chi connectivity index (χ0) is 16.4. The standard InChI is InChI=1S/C16H19BrN4O2/c1-20-7-6-19-15(20)13-10-18-5-8-21(13)16(22)11-3-4-14(23-2)12(17)9-11/h3-4,6-7,9,13,18H,5,8,10H2,1-2H3. The summed E-state index contributed by atoms with van der Waals surface area (Å²) in [5.74, 6) is 1.60. The van der Waals surface area contributed by atoms with E-state index in [1.807, 2.05) is 22.7 Å². The van der Waals surface area contributed by atoms with Crippen LogP contribution in [-0.2, 0) is 7.05 Å². The van der Waals surface area contributed by atoms with Gasteiger partial charge in [0.15, 0.2) is 0 Å². The highest BCUT2D eigenvalue weighted by atomic mass is 79.9. The zero-order valence-corrected chi connectivity index (χ0v) is 14.7. The Morgan fingerprint density at radius 2 is 2.30 bits per heavy atom. The molecule has 1 fully saturated rings. The van der Waals surface area contributed by atoms with Crippen LogP contribution in [0.1, 0.15) is 22.2 Å². The summed E-state index contributed by atoms with van der Waals surface area (Å²) < 4.78 is 7.96. The largest absolute Gasteiger partial charge is 0.496 e. The third-order valence-electron chi connectivity index (χ3n) is 4.06. The van der Waals surface area contributed by atoms with E-state index < -0.39 is 0 Å². The Kier molecular flexibility index (Phi) is 4.68. The lowest BCUT2D eigenvalue weighted by molar-refractivity contribution is 0.0621. The molecule has 1 aromatic heterocycles. The number of ether oxygens (including phenoxy) is 1. The molecule has 2 heterocycles. The van der Waals surface area contributed by atoms with Gasteiger partial charge in [-0.2, -0.15) is 0 Å². The summed E-state index contributed by atoms with van der Waals surface area (Å²) in [6.07, 6.45) is 3.66. The number of hydrogen-bond donors (Lipinski definition) is 1. The Balaban J connectivity index is 1.90. The van der Waals surface area contributed by atoms with Gasteiger partial charge in [0.2, 0.25) is 0 Å². The number of methoxy groups -OCH3 is 1. The fraction of sp³-hybridized carbons (Fsp3) is 0.375. The summed E-state index contributed by atoms with van der Waals surface area (Å²) in [6, 6.07) is 5.33. The van der Waals surface area contributed by atoms with Gasteiger partial charge in [-0.1, -0.05) is 0 Å². The Morgan fingerprint density at radius 1 is 1.48 bits per heavy atom. The van der Waals surface area contributed by atoms with Gasteiger partial charge >= 0.3 is 0 Å². The van der Waals surface area contributed by atoms with Gasteiger partial charge in [0, 0.05) is 44.6 Å². The molecule has 0 saturated carbocycles. The van der Waals surface area contributed by atoms with Gasteiger partial charge in [-0.3, -0.25) is 4.79 Å². The molecule has 1 amide bonds. The van der Waals surface area contributed by atoms with Crippen molar-refractivity contribution >= 4 is 21.8 Å². The first-order valence-electron chi connectivity index (χ1n) is 7.44. The van der Waals surface area contributed by atoms with Crippen molar-refractivity contribution in [1.29, 1.82) is 0 Å². The molecule has 1 aliphatic heterocycles. The second-order valence-electron chi connectivity index (χ2n) is 5.46. The summed E-state index contributed by atoms with van der Waals surface area (Å²) >= 11 is 3.44. The molecular weight excluding hydrogens is 360 g/mol. The lowest BCUT2D eigenvalue weighted by Crippen LogP contribution is -2.49. The number of rotatable bonds is 3. The first-order chi connectivity index (χ1) is 11.1. The van der Waals surface area contributed by atoms with E-state index in [1.165, 1.54) is 0 Å². The predicted octanol–water partition coefficient (Wildman–Crippen LogP) is 1.98. The number of carbonyl (C=O) groups excluding carboxylic acids is 1. The number of hydrogen-bond acceptors (Lipinski definition) is 4. The molecule has 0 bridgehead atoms. The number of nitrogens with zero attached hydrogens (tertiary/aromatic N) is 3. The number of nitrogens with one attached hydrogen (secondary N) is 1. The molecule has 1 aromatic carbocycles. The number of aryl methyl sites for hydroxylation is 1. The molecule has 0 aliphatic carbocycles. The number of halogens is 1. The van der Waals surface area contributed by atoms with Gasteiger partial charge < -0.3 is 19.5 Å². The monoisotopic (exact) mass is 378 g/mol. The summed E-state index contributed by atoms with van der Waals surface area (Å²) in [5.41, 5.74) is 0.638. The SMILES string of the molecule is COc1ccc(C(=O)N2CCNCC2c2nccn2C)cc1Br. The van der Waals surface area contributed by atoms with Gasteiger partial charge in [0.05, 0.1) is 11.6 Å². The van der Waals surface area contributed by atoms with Crippen molar-refractivity contribution in [2.24, 2.45) is 7.05 Å². The molecule has 3 rings (SSSR count). The molecule has 7 heteroatoms. The van der Waals surface area contributed by atoms with Crippen molar-refractivity contribution in [3.63, 3.8) is 0 Å². The number of imidazole rings is 1. The second kappa shape index (κ2) is 6.72. The summed E-state index contributed by atoms with van der Waals surface area (Å²) in [4.78, 5) is 19.3. The smallest absolute Gasteiger partial charge is 0.254 e. The Bertz CT molecular complexity index is 716. The average Bonchev–Trinajstić information content (AvgIpc) is 3.00. The third kappa shape index (κ3) is 3.11. The Labute approximate surface area is 143 Å². The van der Waals surface area contributed by atoms with Gasteiger partial charge in [-0.15, -0.1) is 0 Å². The predicted molar refractivity (Wildman–Crippen MR) is 90.5 cm³/mol. The first kappa shape index (κ1) is 16.0. The van der Waals surface area contributed by atoms with E-state index in [4.69, 9.17) is 4.74 Å². The number of aromatic nitrogens is 2. The van der Waals surface area contributed by atoms with E-state index >= 15 is 0 Å². The summed E-state index contributed by atoms with van der Waals surface area (Å²) in [6.45, 7) is 2.14. The minimum atomic E-state index is -0.0721. The van der Waals surface area contributed by atoms with Crippen LogP contribution in [-0.4, -0.2) is 47.1 Å². The second-order valence-corrected chi connectivity index (χ2v) is 6.32. The molecule has 2 aromatic rings. The van der Waals surface area contributed by atoms with Crippen LogP contribution in [0.4, 0.5) is 0 Å². The maximum absolute atomic E-state index is 13.0. The molecule has 6 nitrogen and oxygen atoms in total. The highest BCUT2D eigenvalue weighted by molar-refractivity contribution is 9.10. The Hall–Kier alpha value is -1.86.